The van der Waals surface area contributed by atoms with Crippen LogP contribution in [0, 0.1) is 16.0 Å². The third-order valence-corrected chi connectivity index (χ3v) is 3.56. The molecule has 4 nitrogen and oxygen atoms in total. The van der Waals surface area contributed by atoms with E-state index in [9.17, 15) is 10.1 Å². The van der Waals surface area contributed by atoms with Gasteiger partial charge in [-0.2, -0.15) is 0 Å². The van der Waals surface area contributed by atoms with Gasteiger partial charge in [0.05, 0.1) is 9.40 Å². The first-order valence-electron chi connectivity index (χ1n) is 5.30. The normalized spacial score (nSPS) is 19.9. The summed E-state index contributed by atoms with van der Waals surface area (Å²) in [4.78, 5) is 10.4. The molecule has 1 aliphatic rings. The summed E-state index contributed by atoms with van der Waals surface area (Å²) in [5.74, 6) is 0.612. The minimum Gasteiger partial charge on any atom is -0.316 e. The molecule has 0 aromatic heterocycles. The first-order valence-corrected chi connectivity index (χ1v) is 6.09. The molecular weight excluding hydrogens is 272 g/mol. The molecule has 16 heavy (non-hydrogen) atoms. The Morgan fingerprint density at radius 3 is 3.00 bits per heavy atom. The molecule has 2 rings (SSSR count). The Morgan fingerprint density at radius 2 is 2.38 bits per heavy atom. The Bertz CT molecular complexity index is 403. The number of nitro benzene ring substituents is 1. The Labute approximate surface area is 102 Å². The highest BCUT2D eigenvalue weighted by molar-refractivity contribution is 9.10. The lowest BCUT2D eigenvalue weighted by Gasteiger charge is -2.08. The summed E-state index contributed by atoms with van der Waals surface area (Å²) >= 11 is 3.19. The summed E-state index contributed by atoms with van der Waals surface area (Å²) in [5, 5.41) is 14.1. The Morgan fingerprint density at radius 1 is 1.56 bits per heavy atom. The largest absolute Gasteiger partial charge is 0.316 e. The van der Waals surface area contributed by atoms with Crippen LogP contribution < -0.4 is 5.32 Å². The van der Waals surface area contributed by atoms with E-state index in [0.29, 0.717) is 10.4 Å². The van der Waals surface area contributed by atoms with Crippen molar-refractivity contribution in [2.24, 2.45) is 5.92 Å². The number of nitro groups is 1. The van der Waals surface area contributed by atoms with E-state index < -0.39 is 0 Å². The highest BCUT2D eigenvalue weighted by Crippen LogP contribution is 2.27. The number of benzene rings is 1. The van der Waals surface area contributed by atoms with Gasteiger partial charge in [0.15, 0.2) is 0 Å². The molecule has 1 unspecified atom stereocenters. The van der Waals surface area contributed by atoms with Gasteiger partial charge in [0.25, 0.3) is 5.69 Å². The highest BCUT2D eigenvalue weighted by atomic mass is 79.9. The van der Waals surface area contributed by atoms with Crippen molar-refractivity contribution < 1.29 is 4.92 Å². The molecule has 1 atom stereocenters. The topological polar surface area (TPSA) is 55.2 Å². The van der Waals surface area contributed by atoms with Gasteiger partial charge in [-0.15, -0.1) is 0 Å². The third-order valence-electron chi connectivity index (χ3n) is 2.89. The van der Waals surface area contributed by atoms with E-state index in [-0.39, 0.29) is 10.6 Å². The summed E-state index contributed by atoms with van der Waals surface area (Å²) < 4.78 is 0.547. The Balaban J connectivity index is 2.15. The molecule has 1 aromatic rings. The molecule has 0 spiro atoms. The molecule has 0 amide bonds. The zero-order chi connectivity index (χ0) is 11.5. The van der Waals surface area contributed by atoms with Gasteiger partial charge < -0.3 is 5.32 Å². The maximum atomic E-state index is 10.8. The van der Waals surface area contributed by atoms with Gasteiger partial charge in [-0.05, 0) is 59.4 Å². The maximum Gasteiger partial charge on any atom is 0.283 e. The molecule has 0 radical (unpaired) electrons. The van der Waals surface area contributed by atoms with Gasteiger partial charge in [-0.25, -0.2) is 0 Å². The summed E-state index contributed by atoms with van der Waals surface area (Å²) in [7, 11) is 0. The number of rotatable bonds is 3. The molecule has 1 aromatic carbocycles. The van der Waals surface area contributed by atoms with Crippen LogP contribution >= 0.6 is 15.9 Å². The number of halogens is 1. The van der Waals surface area contributed by atoms with Crippen LogP contribution in [-0.4, -0.2) is 18.0 Å². The molecule has 1 saturated heterocycles. The molecule has 86 valence electrons. The zero-order valence-corrected chi connectivity index (χ0v) is 10.4. The fourth-order valence-corrected chi connectivity index (χ4v) is 2.44. The SMILES string of the molecule is O=[N+]([O-])c1cc(CC2CCNC2)ccc1Br. The van der Waals surface area contributed by atoms with Crippen molar-refractivity contribution in [1.29, 1.82) is 0 Å². The lowest BCUT2D eigenvalue weighted by atomic mass is 9.98. The smallest absolute Gasteiger partial charge is 0.283 e. The van der Waals surface area contributed by atoms with E-state index in [1.54, 1.807) is 12.1 Å². The predicted octanol–water partition coefficient (Wildman–Crippen LogP) is 2.51. The number of nitrogens with zero attached hydrogens (tertiary/aromatic N) is 1. The average molecular weight is 285 g/mol. The molecular formula is C11H13BrN2O2. The molecule has 1 N–H and O–H groups in total. The number of hydrogen-bond acceptors (Lipinski definition) is 3. The van der Waals surface area contributed by atoms with Crippen molar-refractivity contribution in [3.63, 3.8) is 0 Å². The monoisotopic (exact) mass is 284 g/mol. The van der Waals surface area contributed by atoms with E-state index in [0.717, 1.165) is 31.5 Å². The van der Waals surface area contributed by atoms with Gasteiger partial charge in [0.1, 0.15) is 0 Å². The molecule has 1 aliphatic heterocycles. The minimum absolute atomic E-state index is 0.156. The van der Waals surface area contributed by atoms with E-state index in [1.165, 1.54) is 0 Å². The van der Waals surface area contributed by atoms with Crippen LogP contribution in [-0.2, 0) is 6.42 Å². The fourth-order valence-electron chi connectivity index (χ4n) is 2.05. The van der Waals surface area contributed by atoms with E-state index in [1.807, 2.05) is 6.07 Å². The summed E-state index contributed by atoms with van der Waals surface area (Å²) in [6, 6.07) is 5.38. The van der Waals surface area contributed by atoms with Crippen LogP contribution in [0.15, 0.2) is 22.7 Å². The second-order valence-corrected chi connectivity index (χ2v) is 4.96. The van der Waals surface area contributed by atoms with Crippen LogP contribution in [0.4, 0.5) is 5.69 Å². The summed E-state index contributed by atoms with van der Waals surface area (Å²) in [5.41, 5.74) is 1.20. The van der Waals surface area contributed by atoms with Crippen molar-refractivity contribution in [3.8, 4) is 0 Å². The van der Waals surface area contributed by atoms with Gasteiger partial charge in [0, 0.05) is 6.07 Å². The molecule has 0 aliphatic carbocycles. The van der Waals surface area contributed by atoms with Gasteiger partial charge >= 0.3 is 0 Å². The van der Waals surface area contributed by atoms with Crippen LogP contribution in [0.5, 0.6) is 0 Å². The lowest BCUT2D eigenvalue weighted by molar-refractivity contribution is -0.385. The first-order chi connectivity index (χ1) is 7.66. The minimum atomic E-state index is -0.347. The van der Waals surface area contributed by atoms with Crippen molar-refractivity contribution >= 4 is 21.6 Å². The van der Waals surface area contributed by atoms with Crippen LogP contribution in [0.1, 0.15) is 12.0 Å². The van der Waals surface area contributed by atoms with Gasteiger partial charge in [0.2, 0.25) is 0 Å². The first kappa shape index (κ1) is 11.5. The van der Waals surface area contributed by atoms with Gasteiger partial charge in [-0.1, -0.05) is 6.07 Å². The third kappa shape index (κ3) is 2.59. The van der Waals surface area contributed by atoms with Crippen molar-refractivity contribution in [1.82, 2.24) is 5.32 Å². The summed E-state index contributed by atoms with van der Waals surface area (Å²) in [6.07, 6.45) is 2.07. The van der Waals surface area contributed by atoms with Crippen molar-refractivity contribution in [2.45, 2.75) is 12.8 Å². The Hall–Kier alpha value is -0.940. The van der Waals surface area contributed by atoms with Gasteiger partial charge in [-0.3, -0.25) is 10.1 Å². The molecule has 1 fully saturated rings. The summed E-state index contributed by atoms with van der Waals surface area (Å²) in [6.45, 7) is 2.08. The van der Waals surface area contributed by atoms with E-state index in [2.05, 4.69) is 21.2 Å². The van der Waals surface area contributed by atoms with E-state index >= 15 is 0 Å². The van der Waals surface area contributed by atoms with Crippen LogP contribution in [0.25, 0.3) is 0 Å². The number of hydrogen-bond donors (Lipinski definition) is 1. The standard InChI is InChI=1S/C11H13BrN2O2/c12-10-2-1-8(6-11(10)14(15)16)5-9-3-4-13-7-9/h1-2,6,9,13H,3-5,7H2. The quantitative estimate of drug-likeness (QED) is 0.685. The van der Waals surface area contributed by atoms with Crippen LogP contribution in [0.3, 0.4) is 0 Å². The zero-order valence-electron chi connectivity index (χ0n) is 8.78. The van der Waals surface area contributed by atoms with Crippen molar-refractivity contribution in [3.05, 3.63) is 38.3 Å². The molecule has 1 heterocycles. The predicted molar refractivity (Wildman–Crippen MR) is 65.5 cm³/mol. The lowest BCUT2D eigenvalue weighted by Crippen LogP contribution is -2.10. The number of nitrogens with one attached hydrogen (secondary N) is 1. The second kappa shape index (κ2) is 4.93. The van der Waals surface area contributed by atoms with Crippen LogP contribution in [0.2, 0.25) is 0 Å². The highest BCUT2D eigenvalue weighted by Gasteiger charge is 2.17. The Kier molecular flexibility index (Phi) is 3.56. The molecule has 0 bridgehead atoms. The second-order valence-electron chi connectivity index (χ2n) is 4.11. The average Bonchev–Trinajstić information content (AvgIpc) is 2.73. The van der Waals surface area contributed by atoms with Crippen molar-refractivity contribution in [2.75, 3.05) is 13.1 Å². The molecule has 5 heteroatoms. The maximum absolute atomic E-state index is 10.8. The van der Waals surface area contributed by atoms with E-state index in [4.69, 9.17) is 0 Å². The molecule has 0 saturated carbocycles. The fraction of sp³-hybridized carbons (Fsp3) is 0.455.